The molecule has 5 nitrogen and oxygen atoms in total. The van der Waals surface area contributed by atoms with Crippen molar-refractivity contribution in [3.8, 4) is 6.07 Å². The molecule has 1 heterocycles. The van der Waals surface area contributed by atoms with Crippen LogP contribution in [0.3, 0.4) is 0 Å². The van der Waals surface area contributed by atoms with E-state index >= 15 is 0 Å². The summed E-state index contributed by atoms with van der Waals surface area (Å²) < 4.78 is 1.74. The Labute approximate surface area is 177 Å². The predicted molar refractivity (Wildman–Crippen MR) is 118 cm³/mol. The maximum absolute atomic E-state index is 12.6. The van der Waals surface area contributed by atoms with Gasteiger partial charge in [0, 0.05) is 5.56 Å². The van der Waals surface area contributed by atoms with Crippen molar-refractivity contribution in [3.05, 3.63) is 101 Å². The lowest BCUT2D eigenvalue weighted by atomic mass is 9.86. The fourth-order valence-electron chi connectivity index (χ4n) is 2.92. The zero-order valence-corrected chi connectivity index (χ0v) is 17.4. The monoisotopic (exact) mass is 396 g/mol. The summed E-state index contributed by atoms with van der Waals surface area (Å²) in [5.74, 6) is -0.296. The summed E-state index contributed by atoms with van der Waals surface area (Å²) in [5, 5.41) is 17.6. The van der Waals surface area contributed by atoms with Gasteiger partial charge < -0.3 is 0 Å². The molecule has 1 aromatic heterocycles. The number of allylic oxidation sites excluding steroid dienone is 3. The second-order valence-electron chi connectivity index (χ2n) is 8.03. The number of aromatic nitrogens is 3. The van der Waals surface area contributed by atoms with Crippen LogP contribution < -0.4 is 0 Å². The molecule has 0 unspecified atom stereocenters. The largest absolute Gasteiger partial charge is 0.288 e. The van der Waals surface area contributed by atoms with Crippen LogP contribution in [0.25, 0.3) is 6.08 Å². The van der Waals surface area contributed by atoms with Crippen molar-refractivity contribution in [2.45, 2.75) is 32.7 Å². The van der Waals surface area contributed by atoms with Crippen LogP contribution in [0.15, 0.2) is 78.5 Å². The molecule has 150 valence electrons. The van der Waals surface area contributed by atoms with Gasteiger partial charge in [0.1, 0.15) is 11.8 Å². The van der Waals surface area contributed by atoms with Gasteiger partial charge in [0.25, 0.3) is 0 Å². The molecule has 30 heavy (non-hydrogen) atoms. The lowest BCUT2D eigenvalue weighted by Crippen LogP contribution is -2.11. The maximum Gasteiger partial charge on any atom is 0.203 e. The first kappa shape index (κ1) is 20.9. The van der Waals surface area contributed by atoms with Crippen LogP contribution in [-0.4, -0.2) is 20.8 Å². The van der Waals surface area contributed by atoms with Gasteiger partial charge in [0.2, 0.25) is 5.78 Å². The quantitative estimate of drug-likeness (QED) is 0.255. The maximum atomic E-state index is 12.6. The summed E-state index contributed by atoms with van der Waals surface area (Å²) in [6, 6.07) is 19.4. The molecule has 0 spiro atoms. The number of Topliss-reactive ketones (excluding diaryl/α,β-unsaturated/α-hetero) is 1. The van der Waals surface area contributed by atoms with Crippen molar-refractivity contribution in [2.24, 2.45) is 0 Å². The molecule has 0 amide bonds. The topological polar surface area (TPSA) is 71.6 Å². The van der Waals surface area contributed by atoms with E-state index in [4.69, 9.17) is 0 Å². The van der Waals surface area contributed by atoms with E-state index < -0.39 is 0 Å². The number of hydrogen-bond acceptors (Lipinski definition) is 4. The second-order valence-corrected chi connectivity index (χ2v) is 8.03. The Morgan fingerprint density at radius 2 is 1.80 bits per heavy atom. The van der Waals surface area contributed by atoms with E-state index in [0.717, 1.165) is 11.1 Å². The Bertz CT molecular complexity index is 1110. The van der Waals surface area contributed by atoms with Gasteiger partial charge in [-0.1, -0.05) is 86.7 Å². The number of nitriles is 1. The smallest absolute Gasteiger partial charge is 0.203 e. The standard InChI is InChI=1S/C25H24N4O/c1-25(2,3)22-14-12-20(13-15-22)24(30)21(16-26)10-7-11-23-18-29(28-27-23)17-19-8-5-4-6-9-19/h4-15,18H,17H2,1-3H3/b11-7+,21-10+. The Morgan fingerprint density at radius 1 is 1.10 bits per heavy atom. The summed E-state index contributed by atoms with van der Waals surface area (Å²) in [6.45, 7) is 6.98. The van der Waals surface area contributed by atoms with Gasteiger partial charge in [-0.25, -0.2) is 4.68 Å². The van der Waals surface area contributed by atoms with Gasteiger partial charge in [0.15, 0.2) is 0 Å². The van der Waals surface area contributed by atoms with Gasteiger partial charge in [-0.2, -0.15) is 5.26 Å². The van der Waals surface area contributed by atoms with E-state index in [0.29, 0.717) is 17.8 Å². The van der Waals surface area contributed by atoms with E-state index in [2.05, 4.69) is 31.1 Å². The first-order valence-electron chi connectivity index (χ1n) is 9.74. The van der Waals surface area contributed by atoms with Crippen LogP contribution in [0.2, 0.25) is 0 Å². The minimum absolute atomic E-state index is 0.0101. The highest BCUT2D eigenvalue weighted by Crippen LogP contribution is 2.22. The predicted octanol–water partition coefficient (Wildman–Crippen LogP) is 4.97. The lowest BCUT2D eigenvalue weighted by molar-refractivity contribution is 0.103. The molecule has 0 atom stereocenters. The van der Waals surface area contributed by atoms with Crippen LogP contribution in [-0.2, 0) is 12.0 Å². The Kier molecular flexibility index (Phi) is 6.38. The van der Waals surface area contributed by atoms with Crippen LogP contribution in [0.5, 0.6) is 0 Å². The highest BCUT2D eigenvalue weighted by Gasteiger charge is 2.16. The Balaban J connectivity index is 1.68. The summed E-state index contributed by atoms with van der Waals surface area (Å²) in [5.41, 5.74) is 3.51. The lowest BCUT2D eigenvalue weighted by Gasteiger charge is -2.18. The zero-order valence-electron chi connectivity index (χ0n) is 17.4. The van der Waals surface area contributed by atoms with E-state index in [-0.39, 0.29) is 16.8 Å². The number of rotatable bonds is 6. The third-order valence-corrected chi connectivity index (χ3v) is 4.65. The molecule has 0 aliphatic carbocycles. The zero-order chi connectivity index (χ0) is 21.6. The highest BCUT2D eigenvalue weighted by atomic mass is 16.1. The van der Waals surface area contributed by atoms with Crippen molar-refractivity contribution in [3.63, 3.8) is 0 Å². The molecule has 5 heteroatoms. The fraction of sp³-hybridized carbons (Fsp3) is 0.200. The first-order chi connectivity index (χ1) is 14.4. The number of benzene rings is 2. The Morgan fingerprint density at radius 3 is 2.43 bits per heavy atom. The molecular weight excluding hydrogens is 372 g/mol. The van der Waals surface area contributed by atoms with Gasteiger partial charge >= 0.3 is 0 Å². The van der Waals surface area contributed by atoms with E-state index in [1.807, 2.05) is 54.7 Å². The van der Waals surface area contributed by atoms with E-state index in [9.17, 15) is 10.1 Å². The van der Waals surface area contributed by atoms with Crippen LogP contribution >= 0.6 is 0 Å². The van der Waals surface area contributed by atoms with Crippen molar-refractivity contribution >= 4 is 11.9 Å². The molecule has 0 saturated heterocycles. The highest BCUT2D eigenvalue weighted by molar-refractivity contribution is 6.11. The number of carbonyl (C=O) groups excluding carboxylic acids is 1. The van der Waals surface area contributed by atoms with Gasteiger partial charge in [-0.05, 0) is 28.7 Å². The molecule has 0 aliphatic heterocycles. The van der Waals surface area contributed by atoms with Crippen LogP contribution in [0.1, 0.15) is 48.0 Å². The molecule has 0 saturated carbocycles. The number of nitrogens with zero attached hydrogens (tertiary/aromatic N) is 4. The first-order valence-corrected chi connectivity index (χ1v) is 9.74. The summed E-state index contributed by atoms with van der Waals surface area (Å²) in [6.07, 6.45) is 6.70. The third kappa shape index (κ3) is 5.39. The average Bonchev–Trinajstić information content (AvgIpc) is 3.18. The molecule has 0 bridgehead atoms. The normalized spacial score (nSPS) is 12.1. The number of ketones is 1. The molecule has 0 fully saturated rings. The molecule has 0 N–H and O–H groups in total. The van der Waals surface area contributed by atoms with Crippen molar-refractivity contribution < 1.29 is 4.79 Å². The minimum Gasteiger partial charge on any atom is -0.288 e. The van der Waals surface area contributed by atoms with Crippen LogP contribution in [0.4, 0.5) is 0 Å². The minimum atomic E-state index is -0.296. The number of carbonyl (C=O) groups is 1. The molecule has 3 rings (SSSR count). The van der Waals surface area contributed by atoms with Crippen molar-refractivity contribution in [1.82, 2.24) is 15.0 Å². The molecule has 3 aromatic rings. The van der Waals surface area contributed by atoms with Gasteiger partial charge in [0.05, 0.1) is 18.3 Å². The summed E-state index contributed by atoms with van der Waals surface area (Å²) in [7, 11) is 0. The molecule has 0 radical (unpaired) electrons. The van der Waals surface area contributed by atoms with E-state index in [1.165, 1.54) is 6.08 Å². The number of hydrogen-bond donors (Lipinski definition) is 0. The molecular formula is C25H24N4O. The second kappa shape index (κ2) is 9.15. The summed E-state index contributed by atoms with van der Waals surface area (Å²) >= 11 is 0. The average molecular weight is 396 g/mol. The SMILES string of the molecule is CC(C)(C)c1ccc(C(=O)/C(C#N)=C/C=C/c2cn(Cc3ccccc3)nn2)cc1. The Hall–Kier alpha value is -3.78. The van der Waals surface area contributed by atoms with Crippen LogP contribution in [0, 0.1) is 11.3 Å². The summed E-state index contributed by atoms with van der Waals surface area (Å²) in [4.78, 5) is 12.6. The van der Waals surface area contributed by atoms with Gasteiger partial charge in [-0.3, -0.25) is 4.79 Å². The van der Waals surface area contributed by atoms with Crippen molar-refractivity contribution in [1.29, 1.82) is 5.26 Å². The fourth-order valence-corrected chi connectivity index (χ4v) is 2.92. The molecule has 2 aromatic carbocycles. The van der Waals surface area contributed by atoms with Gasteiger partial charge in [-0.15, -0.1) is 5.10 Å². The third-order valence-electron chi connectivity index (χ3n) is 4.65. The van der Waals surface area contributed by atoms with Crippen molar-refractivity contribution in [2.75, 3.05) is 0 Å². The van der Waals surface area contributed by atoms with E-state index in [1.54, 1.807) is 29.0 Å². The molecule has 0 aliphatic rings.